The lowest BCUT2D eigenvalue weighted by molar-refractivity contribution is -0.120. The lowest BCUT2D eigenvalue weighted by Gasteiger charge is -2.49. The highest BCUT2D eigenvalue weighted by molar-refractivity contribution is 5.76. The Morgan fingerprint density at radius 1 is 1.44 bits per heavy atom. The average molecular weight is 248 g/mol. The number of amides is 1. The third-order valence-electron chi connectivity index (χ3n) is 4.65. The first-order valence-electron chi connectivity index (χ1n) is 6.38. The molecule has 2 N–H and O–H groups in total. The average Bonchev–Trinajstić information content (AvgIpc) is 2.45. The number of allylic oxidation sites excluding steroid dienone is 2. The zero-order valence-corrected chi connectivity index (χ0v) is 11.2. The van der Waals surface area contributed by atoms with Crippen LogP contribution in [0.3, 0.4) is 0 Å². The maximum absolute atomic E-state index is 11.6. The minimum absolute atomic E-state index is 0.0743. The number of carbonyl (C=O) groups is 1. The molecule has 0 aromatic rings. The van der Waals surface area contributed by atoms with Gasteiger partial charge in [0, 0.05) is 18.4 Å². The Morgan fingerprint density at radius 3 is 2.72 bits per heavy atom. The molecule has 0 spiro atoms. The molecule has 0 aromatic carbocycles. The monoisotopic (exact) mass is 248 g/mol. The van der Waals surface area contributed by atoms with Crippen molar-refractivity contribution >= 4 is 5.91 Å². The van der Waals surface area contributed by atoms with E-state index in [2.05, 4.69) is 17.1 Å². The smallest absolute Gasteiger partial charge is 0.220 e. The molecular formula is C14H20N2O2. The summed E-state index contributed by atoms with van der Waals surface area (Å²) in [6.07, 6.45) is 1.83. The van der Waals surface area contributed by atoms with Crippen molar-refractivity contribution in [3.63, 3.8) is 0 Å². The van der Waals surface area contributed by atoms with Gasteiger partial charge in [0.2, 0.25) is 11.6 Å². The van der Waals surface area contributed by atoms with Crippen LogP contribution in [0.25, 0.3) is 4.85 Å². The molecule has 0 radical (unpaired) electrons. The number of nitrogens with zero attached hydrogens (tertiary/aromatic N) is 1. The molecule has 2 aliphatic rings. The lowest BCUT2D eigenvalue weighted by atomic mass is 9.56. The van der Waals surface area contributed by atoms with E-state index in [4.69, 9.17) is 6.57 Å². The largest absolute Gasteiger partial charge is 0.523 e. The first kappa shape index (κ1) is 12.9. The molecule has 1 aliphatic heterocycles. The number of hydrogen-bond donors (Lipinski definition) is 2. The Balaban J connectivity index is 2.48. The molecule has 18 heavy (non-hydrogen) atoms. The molecule has 0 bridgehead atoms. The van der Waals surface area contributed by atoms with Crippen LogP contribution in [0.2, 0.25) is 0 Å². The molecule has 4 heteroatoms. The van der Waals surface area contributed by atoms with Crippen LogP contribution in [-0.4, -0.2) is 17.6 Å². The zero-order chi connectivity index (χ0) is 13.6. The van der Waals surface area contributed by atoms with E-state index in [1.807, 2.05) is 13.8 Å². The van der Waals surface area contributed by atoms with Crippen molar-refractivity contribution in [1.29, 1.82) is 0 Å². The summed E-state index contributed by atoms with van der Waals surface area (Å²) in [5, 5.41) is 13.2. The highest BCUT2D eigenvalue weighted by atomic mass is 16.3. The Morgan fingerprint density at radius 2 is 2.11 bits per heavy atom. The van der Waals surface area contributed by atoms with Gasteiger partial charge in [-0.1, -0.05) is 20.8 Å². The lowest BCUT2D eigenvalue weighted by Crippen LogP contribution is -2.47. The molecule has 1 amide bonds. The summed E-state index contributed by atoms with van der Waals surface area (Å²) >= 11 is 0. The summed E-state index contributed by atoms with van der Waals surface area (Å²) in [6.45, 7) is 13.9. The van der Waals surface area contributed by atoms with Crippen LogP contribution in [0.5, 0.6) is 0 Å². The molecule has 1 fully saturated rings. The molecular weight excluding hydrogens is 228 g/mol. The molecule has 0 aromatic heterocycles. The second-order valence-corrected chi connectivity index (χ2v) is 6.33. The predicted molar refractivity (Wildman–Crippen MR) is 68.5 cm³/mol. The number of hydrogen-bond acceptors (Lipinski definition) is 2. The van der Waals surface area contributed by atoms with Crippen LogP contribution in [-0.2, 0) is 4.79 Å². The van der Waals surface area contributed by atoms with Gasteiger partial charge in [0.05, 0.1) is 6.57 Å². The van der Waals surface area contributed by atoms with Crippen molar-refractivity contribution in [2.24, 2.45) is 16.7 Å². The Hall–Kier alpha value is -1.50. The topological polar surface area (TPSA) is 53.7 Å². The fraction of sp³-hybridized carbons (Fsp3) is 0.714. The number of rotatable bonds is 0. The van der Waals surface area contributed by atoms with Gasteiger partial charge in [-0.05, 0) is 24.2 Å². The van der Waals surface area contributed by atoms with Crippen LogP contribution >= 0.6 is 0 Å². The van der Waals surface area contributed by atoms with Crippen LogP contribution in [0, 0.1) is 23.3 Å². The molecule has 2 rings (SSSR count). The van der Waals surface area contributed by atoms with Crippen molar-refractivity contribution in [1.82, 2.24) is 5.32 Å². The minimum atomic E-state index is -0.431. The second kappa shape index (κ2) is 4.01. The summed E-state index contributed by atoms with van der Waals surface area (Å²) in [5.74, 6) is 0.508. The Bertz CT molecular complexity index is 459. The maximum atomic E-state index is 11.6. The summed E-state index contributed by atoms with van der Waals surface area (Å²) in [4.78, 5) is 15.0. The van der Waals surface area contributed by atoms with E-state index in [1.54, 1.807) is 0 Å². The highest BCUT2D eigenvalue weighted by Crippen LogP contribution is 2.55. The summed E-state index contributed by atoms with van der Waals surface area (Å²) in [7, 11) is 0. The number of aliphatic hydroxyl groups excluding tert-OH is 1. The fourth-order valence-corrected chi connectivity index (χ4v) is 3.65. The number of nitrogens with one attached hydrogen (secondary N) is 1. The predicted octanol–water partition coefficient (Wildman–Crippen LogP) is 2.64. The van der Waals surface area contributed by atoms with E-state index in [9.17, 15) is 9.90 Å². The van der Waals surface area contributed by atoms with E-state index in [1.165, 1.54) is 0 Å². The third-order valence-corrected chi connectivity index (χ3v) is 4.65. The van der Waals surface area contributed by atoms with E-state index in [-0.39, 0.29) is 23.0 Å². The van der Waals surface area contributed by atoms with Crippen molar-refractivity contribution in [2.75, 3.05) is 6.54 Å². The quantitative estimate of drug-likeness (QED) is 0.647. The SMILES string of the molecule is [C-]#[N+]C1=C(O)C(C)(C)[C@@H]2CCC(=O)NC[C@@]2(C)C1. The van der Waals surface area contributed by atoms with Crippen molar-refractivity contribution < 1.29 is 9.90 Å². The fourth-order valence-electron chi connectivity index (χ4n) is 3.65. The third kappa shape index (κ3) is 1.78. The molecule has 0 unspecified atom stereocenters. The molecule has 1 saturated heterocycles. The molecule has 0 saturated carbocycles. The molecule has 1 heterocycles. The van der Waals surface area contributed by atoms with E-state index < -0.39 is 5.41 Å². The Kier molecular flexibility index (Phi) is 2.89. The normalized spacial score (nSPS) is 35.2. The van der Waals surface area contributed by atoms with Crippen LogP contribution in [0.15, 0.2) is 11.5 Å². The van der Waals surface area contributed by atoms with Gasteiger partial charge >= 0.3 is 0 Å². The number of aliphatic hydroxyl groups is 1. The van der Waals surface area contributed by atoms with Crippen molar-refractivity contribution in [3.8, 4) is 0 Å². The van der Waals surface area contributed by atoms with Crippen LogP contribution in [0.4, 0.5) is 0 Å². The van der Waals surface area contributed by atoms with Gasteiger partial charge in [0.25, 0.3) is 0 Å². The standard InChI is InChI=1S/C14H20N2O2/c1-13(2)10-5-6-11(17)16-8-14(10,3)7-9(15-4)12(13)18/h10,18H,5-8H2,1-3H3,(H,16,17)/t10-,14+/m0/s1. The number of fused-ring (bicyclic) bond motifs is 1. The summed E-state index contributed by atoms with van der Waals surface area (Å²) in [5.41, 5.74) is -0.115. The van der Waals surface area contributed by atoms with Gasteiger partial charge < -0.3 is 10.4 Å². The molecule has 1 aliphatic carbocycles. The molecule has 98 valence electrons. The first-order chi connectivity index (χ1) is 8.31. The molecule has 2 atom stereocenters. The number of carbonyl (C=O) groups excluding carboxylic acids is 1. The minimum Gasteiger partial charge on any atom is -0.523 e. The first-order valence-corrected chi connectivity index (χ1v) is 6.38. The van der Waals surface area contributed by atoms with Gasteiger partial charge in [0.1, 0.15) is 5.76 Å². The second-order valence-electron chi connectivity index (χ2n) is 6.33. The van der Waals surface area contributed by atoms with E-state index in [0.717, 1.165) is 6.42 Å². The van der Waals surface area contributed by atoms with Gasteiger partial charge in [-0.3, -0.25) is 4.79 Å². The van der Waals surface area contributed by atoms with Gasteiger partial charge in [-0.2, -0.15) is 0 Å². The van der Waals surface area contributed by atoms with E-state index in [0.29, 0.717) is 25.1 Å². The van der Waals surface area contributed by atoms with Crippen LogP contribution < -0.4 is 5.32 Å². The Labute approximate surface area is 108 Å². The summed E-state index contributed by atoms with van der Waals surface area (Å²) < 4.78 is 0. The van der Waals surface area contributed by atoms with Gasteiger partial charge in [0.15, 0.2) is 0 Å². The van der Waals surface area contributed by atoms with Crippen LogP contribution in [0.1, 0.15) is 40.0 Å². The molecule has 4 nitrogen and oxygen atoms in total. The van der Waals surface area contributed by atoms with Crippen molar-refractivity contribution in [2.45, 2.75) is 40.0 Å². The van der Waals surface area contributed by atoms with Gasteiger partial charge in [-0.15, -0.1) is 0 Å². The summed E-state index contributed by atoms with van der Waals surface area (Å²) in [6, 6.07) is 0. The zero-order valence-electron chi connectivity index (χ0n) is 11.2. The highest BCUT2D eigenvalue weighted by Gasteiger charge is 2.51. The van der Waals surface area contributed by atoms with E-state index >= 15 is 0 Å². The maximum Gasteiger partial charge on any atom is 0.220 e. The van der Waals surface area contributed by atoms with Gasteiger partial charge in [-0.25, -0.2) is 4.85 Å². The van der Waals surface area contributed by atoms with Crippen molar-refractivity contribution in [3.05, 3.63) is 22.9 Å².